The molecule has 1 spiro atoms. The van der Waals surface area contributed by atoms with Gasteiger partial charge in [-0.2, -0.15) is 0 Å². The van der Waals surface area contributed by atoms with E-state index >= 15 is 0 Å². The number of carbonyl (C=O) groups is 1. The van der Waals surface area contributed by atoms with Crippen LogP contribution in [-0.2, 0) is 15.1 Å². The van der Waals surface area contributed by atoms with Gasteiger partial charge in [0.2, 0.25) is 0 Å². The average Bonchev–Trinajstić information content (AvgIpc) is 3.54. The summed E-state index contributed by atoms with van der Waals surface area (Å²) in [6.07, 6.45) is 8.02. The number of ketones is 1. The monoisotopic (exact) mass is 554 g/mol. The molecule has 7 rings (SSSR count). The van der Waals surface area contributed by atoms with Crippen molar-refractivity contribution in [2.45, 2.75) is 24.8 Å². The predicted molar refractivity (Wildman–Crippen MR) is 162 cm³/mol. The highest BCUT2D eigenvalue weighted by Gasteiger charge is 2.50. The van der Waals surface area contributed by atoms with E-state index in [-0.39, 0.29) is 17.0 Å². The third kappa shape index (κ3) is 4.32. The van der Waals surface area contributed by atoms with Gasteiger partial charge < -0.3 is 9.30 Å². The molecule has 0 amide bonds. The molecule has 1 aromatic heterocycles. The van der Waals surface area contributed by atoms with E-state index in [4.69, 9.17) is 9.72 Å². The van der Waals surface area contributed by atoms with Crippen molar-refractivity contribution in [1.82, 2.24) is 9.55 Å². The van der Waals surface area contributed by atoms with Crippen molar-refractivity contribution in [3.05, 3.63) is 155 Å². The van der Waals surface area contributed by atoms with Crippen LogP contribution in [0.1, 0.15) is 41.5 Å². The maximum Gasteiger partial charge on any atom is 0.165 e. The minimum absolute atomic E-state index is 0.197. The molecule has 5 aromatic rings. The first-order valence-electron chi connectivity index (χ1n) is 14.4. The Morgan fingerprint density at radius 2 is 1.38 bits per heavy atom. The Kier molecular flexibility index (Phi) is 6.67. The van der Waals surface area contributed by atoms with Crippen molar-refractivity contribution in [2.24, 2.45) is 5.41 Å². The Bertz CT molecular complexity index is 1660. The molecule has 0 radical (unpaired) electrons. The van der Waals surface area contributed by atoms with Gasteiger partial charge in [0.15, 0.2) is 5.78 Å². The van der Waals surface area contributed by atoms with Gasteiger partial charge in [0, 0.05) is 30.4 Å². The van der Waals surface area contributed by atoms with E-state index in [2.05, 4.69) is 41.0 Å². The number of rotatable bonds is 6. The van der Waals surface area contributed by atoms with Crippen LogP contribution in [-0.4, -0.2) is 28.5 Å². The number of imidazole rings is 1. The van der Waals surface area contributed by atoms with E-state index in [1.165, 1.54) is 12.1 Å². The lowest BCUT2D eigenvalue weighted by Crippen LogP contribution is -2.46. The van der Waals surface area contributed by atoms with Gasteiger partial charge in [-0.1, -0.05) is 97.1 Å². The zero-order valence-electron chi connectivity index (χ0n) is 23.2. The van der Waals surface area contributed by atoms with Crippen LogP contribution in [0.5, 0.6) is 0 Å². The second-order valence-electron chi connectivity index (χ2n) is 11.3. The quantitative estimate of drug-likeness (QED) is 0.160. The lowest BCUT2D eigenvalue weighted by atomic mass is 9.60. The lowest BCUT2D eigenvalue weighted by Gasteiger charge is -2.44. The maximum atomic E-state index is 14.7. The minimum atomic E-state index is -0.722. The van der Waals surface area contributed by atoms with Gasteiger partial charge in [-0.3, -0.25) is 4.79 Å². The van der Waals surface area contributed by atoms with Crippen LogP contribution in [0.4, 0.5) is 4.39 Å². The van der Waals surface area contributed by atoms with Crippen molar-refractivity contribution in [2.75, 3.05) is 13.2 Å². The maximum absolute atomic E-state index is 14.7. The van der Waals surface area contributed by atoms with Crippen LogP contribution in [0.2, 0.25) is 0 Å². The van der Waals surface area contributed by atoms with Gasteiger partial charge in [-0.25, -0.2) is 9.37 Å². The molecule has 0 bridgehead atoms. The van der Waals surface area contributed by atoms with Gasteiger partial charge >= 0.3 is 0 Å². The topological polar surface area (TPSA) is 44.1 Å². The number of hydrogen-bond donors (Lipinski definition) is 0. The molecule has 1 saturated carbocycles. The van der Waals surface area contributed by atoms with Gasteiger partial charge in [0.1, 0.15) is 11.4 Å². The van der Waals surface area contributed by atoms with Crippen molar-refractivity contribution in [1.29, 1.82) is 0 Å². The molecule has 0 unspecified atom stereocenters. The molecule has 2 fully saturated rings. The van der Waals surface area contributed by atoms with E-state index < -0.39 is 5.54 Å². The van der Waals surface area contributed by atoms with Crippen LogP contribution in [0, 0.1) is 11.2 Å². The number of allylic oxidation sites excluding steroid dienone is 1. The zero-order valence-corrected chi connectivity index (χ0v) is 23.2. The van der Waals surface area contributed by atoms with Crippen molar-refractivity contribution < 1.29 is 13.9 Å². The molecule has 4 nitrogen and oxygen atoms in total. The minimum Gasteiger partial charge on any atom is -0.381 e. The Morgan fingerprint density at radius 1 is 0.810 bits per heavy atom. The van der Waals surface area contributed by atoms with Gasteiger partial charge in [0.05, 0.1) is 12.0 Å². The number of hydrogen-bond acceptors (Lipinski definition) is 3. The molecule has 2 heterocycles. The third-order valence-electron chi connectivity index (χ3n) is 8.92. The Balaban J connectivity index is 1.37. The number of halogens is 1. The van der Waals surface area contributed by atoms with E-state index in [1.54, 1.807) is 6.07 Å². The first-order chi connectivity index (χ1) is 20.6. The smallest absolute Gasteiger partial charge is 0.165 e. The molecule has 1 aliphatic carbocycles. The van der Waals surface area contributed by atoms with Crippen molar-refractivity contribution in [3.8, 4) is 11.3 Å². The fourth-order valence-electron chi connectivity index (χ4n) is 6.74. The number of Topliss-reactive ketones (excluding diaryl/α,β-unsaturated/α-hetero) is 1. The van der Waals surface area contributed by atoms with Crippen LogP contribution >= 0.6 is 0 Å². The van der Waals surface area contributed by atoms with Crippen LogP contribution in [0.15, 0.2) is 127 Å². The van der Waals surface area contributed by atoms with Crippen molar-refractivity contribution >= 4 is 11.9 Å². The third-order valence-corrected chi connectivity index (χ3v) is 8.92. The van der Waals surface area contributed by atoms with E-state index in [0.717, 1.165) is 47.1 Å². The largest absolute Gasteiger partial charge is 0.381 e. The first-order valence-corrected chi connectivity index (χ1v) is 14.4. The van der Waals surface area contributed by atoms with Crippen molar-refractivity contribution in [3.63, 3.8) is 0 Å². The Morgan fingerprint density at radius 3 is 1.93 bits per heavy atom. The van der Waals surface area contributed by atoms with Crippen LogP contribution in [0.3, 0.4) is 0 Å². The summed E-state index contributed by atoms with van der Waals surface area (Å²) in [7, 11) is 0. The molecule has 2 aliphatic rings. The van der Waals surface area contributed by atoms with Crippen LogP contribution < -0.4 is 0 Å². The fraction of sp³-hybridized carbons (Fsp3) is 0.189. The molecule has 0 atom stereocenters. The fourth-order valence-corrected chi connectivity index (χ4v) is 6.74. The summed E-state index contributed by atoms with van der Waals surface area (Å²) in [5.74, 6) is -0.147. The molecular weight excluding hydrogens is 523 g/mol. The normalized spacial score (nSPS) is 17.4. The number of benzene rings is 4. The van der Waals surface area contributed by atoms with Gasteiger partial charge in [-0.15, -0.1) is 0 Å². The van der Waals surface area contributed by atoms with E-state index in [9.17, 15) is 9.18 Å². The van der Waals surface area contributed by atoms with E-state index in [0.29, 0.717) is 24.5 Å². The summed E-state index contributed by atoms with van der Waals surface area (Å²) in [6.45, 7) is 1.26. The standard InChI is InChI=1S/C37H31FN2O2/c38-32-17-16-27(22-28-24-36(35(28)41)18-20-42-21-19-36)33(23-32)34-25-40(26-39-34)37(29-10-4-1-5-11-29,30-12-6-2-7-13-30)31-14-8-3-9-15-31/h1-17,22-23,25-26H,18-21,24H2. The lowest BCUT2D eigenvalue weighted by molar-refractivity contribution is -0.137. The summed E-state index contributed by atoms with van der Waals surface area (Å²) in [5, 5.41) is 0. The zero-order chi connectivity index (χ0) is 28.6. The summed E-state index contributed by atoms with van der Waals surface area (Å²) >= 11 is 0. The summed E-state index contributed by atoms with van der Waals surface area (Å²) in [4.78, 5) is 18.1. The number of nitrogens with zero attached hydrogens (tertiary/aromatic N) is 2. The molecule has 1 saturated heterocycles. The number of carbonyl (C=O) groups excluding carboxylic acids is 1. The molecule has 4 aromatic carbocycles. The second kappa shape index (κ2) is 10.7. The van der Waals surface area contributed by atoms with E-state index in [1.807, 2.05) is 73.2 Å². The molecule has 1 aliphatic heterocycles. The Labute approximate surface area is 245 Å². The average molecular weight is 555 g/mol. The van der Waals surface area contributed by atoms with Gasteiger partial charge in [0.25, 0.3) is 0 Å². The summed E-state index contributed by atoms with van der Waals surface area (Å²) < 4.78 is 22.3. The Hall–Kier alpha value is -4.61. The first kappa shape index (κ1) is 26.3. The molecular formula is C37H31FN2O2. The highest BCUT2D eigenvalue weighted by molar-refractivity contribution is 6.10. The van der Waals surface area contributed by atoms with Crippen LogP contribution in [0.25, 0.3) is 17.3 Å². The predicted octanol–water partition coefficient (Wildman–Crippen LogP) is 7.68. The van der Waals surface area contributed by atoms with Gasteiger partial charge in [-0.05, 0) is 65.3 Å². The number of aromatic nitrogens is 2. The number of ether oxygens (including phenoxy) is 1. The molecule has 0 N–H and O–H groups in total. The highest BCUT2D eigenvalue weighted by atomic mass is 19.1. The SMILES string of the molecule is O=C1C(=Cc2ccc(F)cc2-c2cn(C(c3ccccc3)(c3ccccc3)c3ccccc3)cn2)CC12CCOCC2. The second-order valence-corrected chi connectivity index (χ2v) is 11.3. The molecule has 42 heavy (non-hydrogen) atoms. The molecule has 208 valence electrons. The molecule has 5 heteroatoms. The summed E-state index contributed by atoms with van der Waals surface area (Å²) in [5.41, 5.74) is 5.10. The highest BCUT2D eigenvalue weighted by Crippen LogP contribution is 2.50. The summed E-state index contributed by atoms with van der Waals surface area (Å²) in [6, 6.07) is 35.8.